The number of hydrogen-bond donors (Lipinski definition) is 0. The van der Waals surface area contributed by atoms with Crippen molar-refractivity contribution in [2.75, 3.05) is 7.05 Å². The molecule has 118 valence electrons. The standard InChI is InChI=1S/C21H24N2/c1-15-7-4-5-10-18(15)21(2)19-12-11-17(16-8-6-9-16)13-20(19)22-14-23(21)3/h4-5,7,10-14,16H,6,8-9H2,1-3H3. The van der Waals surface area contributed by atoms with Crippen molar-refractivity contribution in [1.82, 2.24) is 4.90 Å². The molecule has 0 aromatic heterocycles. The van der Waals surface area contributed by atoms with Crippen molar-refractivity contribution in [3.8, 4) is 0 Å². The first-order valence-corrected chi connectivity index (χ1v) is 8.58. The van der Waals surface area contributed by atoms with Gasteiger partial charge < -0.3 is 4.90 Å². The molecule has 1 aliphatic heterocycles. The van der Waals surface area contributed by atoms with Gasteiger partial charge in [-0.15, -0.1) is 0 Å². The van der Waals surface area contributed by atoms with Gasteiger partial charge in [0, 0.05) is 12.6 Å². The van der Waals surface area contributed by atoms with Crippen LogP contribution in [-0.2, 0) is 5.54 Å². The molecular formula is C21H24N2. The SMILES string of the molecule is Cc1ccccc1C1(C)c2ccc(C3CCC3)cc2N=CN1C. The Labute approximate surface area is 138 Å². The third-order valence-electron chi connectivity index (χ3n) is 5.87. The third-order valence-corrected chi connectivity index (χ3v) is 5.87. The summed E-state index contributed by atoms with van der Waals surface area (Å²) in [6.45, 7) is 4.50. The molecular weight excluding hydrogens is 280 g/mol. The molecule has 0 N–H and O–H groups in total. The van der Waals surface area contributed by atoms with E-state index in [-0.39, 0.29) is 5.54 Å². The first kappa shape index (κ1) is 14.5. The predicted molar refractivity (Wildman–Crippen MR) is 96.6 cm³/mol. The highest BCUT2D eigenvalue weighted by molar-refractivity contribution is 5.72. The minimum atomic E-state index is -0.166. The molecule has 2 nitrogen and oxygen atoms in total. The van der Waals surface area contributed by atoms with Crippen LogP contribution >= 0.6 is 0 Å². The minimum Gasteiger partial charge on any atom is -0.352 e. The van der Waals surface area contributed by atoms with Crippen LogP contribution in [0.15, 0.2) is 47.5 Å². The number of benzene rings is 2. The molecule has 2 heteroatoms. The van der Waals surface area contributed by atoms with E-state index in [2.05, 4.69) is 68.3 Å². The van der Waals surface area contributed by atoms with E-state index in [9.17, 15) is 0 Å². The lowest BCUT2D eigenvalue weighted by Gasteiger charge is -2.43. The number of nitrogens with zero attached hydrogens (tertiary/aromatic N) is 2. The highest BCUT2D eigenvalue weighted by atomic mass is 15.2. The van der Waals surface area contributed by atoms with E-state index >= 15 is 0 Å². The van der Waals surface area contributed by atoms with Crippen LogP contribution in [0.1, 0.15) is 54.4 Å². The number of hydrogen-bond acceptors (Lipinski definition) is 2. The van der Waals surface area contributed by atoms with Crippen molar-refractivity contribution in [3.63, 3.8) is 0 Å². The van der Waals surface area contributed by atoms with Gasteiger partial charge in [0.25, 0.3) is 0 Å². The summed E-state index contributed by atoms with van der Waals surface area (Å²) in [6.07, 6.45) is 6.02. The Bertz CT molecular complexity index is 773. The normalized spacial score (nSPS) is 23.5. The molecule has 1 heterocycles. The monoisotopic (exact) mass is 304 g/mol. The second-order valence-electron chi connectivity index (χ2n) is 7.15. The van der Waals surface area contributed by atoms with Gasteiger partial charge in [0.05, 0.1) is 17.6 Å². The smallest absolute Gasteiger partial charge is 0.0919 e. The maximum Gasteiger partial charge on any atom is 0.0919 e. The highest BCUT2D eigenvalue weighted by Gasteiger charge is 2.38. The van der Waals surface area contributed by atoms with Gasteiger partial charge in [0.1, 0.15) is 0 Å². The summed E-state index contributed by atoms with van der Waals surface area (Å²) in [5.41, 5.74) is 6.42. The molecule has 2 aromatic carbocycles. The fourth-order valence-electron chi connectivity index (χ4n) is 3.97. The predicted octanol–water partition coefficient (Wildman–Crippen LogP) is 5.13. The van der Waals surface area contributed by atoms with E-state index in [4.69, 9.17) is 4.99 Å². The Hall–Kier alpha value is -2.09. The summed E-state index contributed by atoms with van der Waals surface area (Å²) in [7, 11) is 2.12. The lowest BCUT2D eigenvalue weighted by atomic mass is 9.76. The van der Waals surface area contributed by atoms with Gasteiger partial charge in [0.2, 0.25) is 0 Å². The molecule has 0 radical (unpaired) electrons. The van der Waals surface area contributed by atoms with Crippen LogP contribution in [0.5, 0.6) is 0 Å². The van der Waals surface area contributed by atoms with E-state index in [1.165, 1.54) is 41.5 Å². The lowest BCUT2D eigenvalue weighted by molar-refractivity contribution is 0.291. The fraction of sp³-hybridized carbons (Fsp3) is 0.381. The van der Waals surface area contributed by atoms with E-state index in [1.54, 1.807) is 0 Å². The third kappa shape index (κ3) is 2.12. The molecule has 2 aliphatic rings. The molecule has 0 amide bonds. The van der Waals surface area contributed by atoms with Crippen LogP contribution in [0, 0.1) is 6.92 Å². The maximum atomic E-state index is 4.73. The molecule has 1 saturated carbocycles. The quantitative estimate of drug-likeness (QED) is 0.751. The number of aliphatic imine (C=N–C) groups is 1. The van der Waals surface area contributed by atoms with Crippen molar-refractivity contribution >= 4 is 12.0 Å². The van der Waals surface area contributed by atoms with Crippen molar-refractivity contribution in [2.45, 2.75) is 44.6 Å². The summed E-state index contributed by atoms with van der Waals surface area (Å²) in [5.74, 6) is 0.750. The van der Waals surface area contributed by atoms with Gasteiger partial charge in [-0.05, 0) is 55.4 Å². The molecule has 0 saturated heterocycles. The Morgan fingerprint density at radius 2 is 1.87 bits per heavy atom. The zero-order chi connectivity index (χ0) is 16.0. The van der Waals surface area contributed by atoms with Crippen LogP contribution in [0.25, 0.3) is 0 Å². The summed E-state index contributed by atoms with van der Waals surface area (Å²) in [5, 5.41) is 0. The van der Waals surface area contributed by atoms with Crippen molar-refractivity contribution in [3.05, 3.63) is 64.7 Å². The molecule has 1 fully saturated rings. The van der Waals surface area contributed by atoms with Gasteiger partial charge in [-0.2, -0.15) is 0 Å². The summed E-state index contributed by atoms with van der Waals surface area (Å²) < 4.78 is 0. The molecule has 23 heavy (non-hydrogen) atoms. The Morgan fingerprint density at radius 1 is 1.09 bits per heavy atom. The highest BCUT2D eigenvalue weighted by Crippen LogP contribution is 2.45. The molecule has 2 aromatic rings. The van der Waals surface area contributed by atoms with E-state index in [1.807, 2.05) is 6.34 Å². The van der Waals surface area contributed by atoms with Gasteiger partial charge in [-0.25, -0.2) is 4.99 Å². The van der Waals surface area contributed by atoms with Crippen LogP contribution < -0.4 is 0 Å². The zero-order valence-corrected chi connectivity index (χ0v) is 14.2. The van der Waals surface area contributed by atoms with Gasteiger partial charge in [-0.1, -0.05) is 42.8 Å². The Morgan fingerprint density at radius 3 is 2.57 bits per heavy atom. The molecule has 1 atom stereocenters. The van der Waals surface area contributed by atoms with Crippen LogP contribution in [0.2, 0.25) is 0 Å². The summed E-state index contributed by atoms with van der Waals surface area (Å²) in [4.78, 5) is 6.96. The number of rotatable bonds is 2. The maximum absolute atomic E-state index is 4.73. The molecule has 0 bridgehead atoms. The second-order valence-corrected chi connectivity index (χ2v) is 7.15. The van der Waals surface area contributed by atoms with Gasteiger partial charge >= 0.3 is 0 Å². The minimum absolute atomic E-state index is 0.166. The van der Waals surface area contributed by atoms with Crippen LogP contribution in [-0.4, -0.2) is 18.3 Å². The van der Waals surface area contributed by atoms with Crippen molar-refractivity contribution in [2.24, 2.45) is 4.99 Å². The summed E-state index contributed by atoms with van der Waals surface area (Å²) in [6, 6.07) is 15.6. The molecule has 4 rings (SSSR count). The van der Waals surface area contributed by atoms with E-state index in [0.29, 0.717) is 0 Å². The molecule has 0 spiro atoms. The van der Waals surface area contributed by atoms with Crippen molar-refractivity contribution < 1.29 is 0 Å². The Kier molecular flexibility index (Phi) is 3.29. The average molecular weight is 304 g/mol. The summed E-state index contributed by atoms with van der Waals surface area (Å²) >= 11 is 0. The van der Waals surface area contributed by atoms with E-state index in [0.717, 1.165) is 11.6 Å². The van der Waals surface area contributed by atoms with Gasteiger partial charge in [0.15, 0.2) is 0 Å². The lowest BCUT2D eigenvalue weighted by Crippen LogP contribution is -2.43. The van der Waals surface area contributed by atoms with Crippen molar-refractivity contribution in [1.29, 1.82) is 0 Å². The van der Waals surface area contributed by atoms with Gasteiger partial charge in [-0.3, -0.25) is 0 Å². The first-order valence-electron chi connectivity index (χ1n) is 8.58. The average Bonchev–Trinajstić information content (AvgIpc) is 2.50. The van der Waals surface area contributed by atoms with Crippen LogP contribution in [0.4, 0.5) is 5.69 Å². The Balaban J connectivity index is 1.86. The second kappa shape index (κ2) is 5.23. The van der Waals surface area contributed by atoms with E-state index < -0.39 is 0 Å². The number of aryl methyl sites for hydroxylation is 1. The molecule has 1 unspecified atom stereocenters. The van der Waals surface area contributed by atoms with Crippen LogP contribution in [0.3, 0.4) is 0 Å². The first-order chi connectivity index (χ1) is 11.1. The topological polar surface area (TPSA) is 15.6 Å². The zero-order valence-electron chi connectivity index (χ0n) is 14.2. The largest absolute Gasteiger partial charge is 0.352 e. The number of fused-ring (bicyclic) bond motifs is 1. The molecule has 1 aliphatic carbocycles. The fourth-order valence-corrected chi connectivity index (χ4v) is 3.97.